The van der Waals surface area contributed by atoms with Crippen molar-refractivity contribution in [2.24, 2.45) is 0 Å². The lowest BCUT2D eigenvalue weighted by Crippen LogP contribution is -2.14. The Morgan fingerprint density at radius 2 is 1.82 bits per heavy atom. The Morgan fingerprint density at radius 1 is 1.14 bits per heavy atom. The molecule has 2 rings (SSSR count). The van der Waals surface area contributed by atoms with Gasteiger partial charge in [-0.2, -0.15) is 0 Å². The highest BCUT2D eigenvalue weighted by Crippen LogP contribution is 2.19. The molecule has 0 amide bonds. The summed E-state index contributed by atoms with van der Waals surface area (Å²) in [6, 6.07) is 7.34. The molecule has 0 saturated carbocycles. The number of nitrogens with one attached hydrogen (secondary N) is 1. The fourth-order valence-electron chi connectivity index (χ4n) is 2.20. The van der Waals surface area contributed by atoms with Gasteiger partial charge < -0.3 is 9.88 Å². The first-order valence-electron chi connectivity index (χ1n) is 7.79. The average molecular weight is 302 g/mol. The maximum absolute atomic E-state index is 12.1. The number of ketones is 2. The molecule has 0 saturated heterocycles. The zero-order valence-corrected chi connectivity index (χ0v) is 14.2. The molecule has 4 heteroatoms. The van der Waals surface area contributed by atoms with Gasteiger partial charge in [0.25, 0.3) is 0 Å². The molecule has 1 N–H and O–H groups in total. The fraction of sp³-hybridized carbons (Fsp3) is 0.444. The molecule has 1 aromatic carbocycles. The molecule has 0 unspecified atom stereocenters. The van der Waals surface area contributed by atoms with Crippen molar-refractivity contribution in [1.29, 1.82) is 0 Å². The Labute approximate surface area is 132 Å². The quantitative estimate of drug-likeness (QED) is 0.823. The third-order valence-corrected chi connectivity index (χ3v) is 3.33. The first-order valence-corrected chi connectivity index (χ1v) is 7.79. The SMILES string of the molecule is CC.CC(=O)c1cc2cc(C(=O)CCCN(C)C)ccc2[nH]1. The molecule has 0 spiro atoms. The third kappa shape index (κ3) is 4.81. The number of hydrogen-bond donors (Lipinski definition) is 1. The summed E-state index contributed by atoms with van der Waals surface area (Å²) in [7, 11) is 4.00. The van der Waals surface area contributed by atoms with E-state index in [2.05, 4.69) is 9.88 Å². The minimum absolute atomic E-state index is 0.0000551. The molecule has 0 aliphatic carbocycles. The Kier molecular flexibility index (Phi) is 6.99. The summed E-state index contributed by atoms with van der Waals surface area (Å²) >= 11 is 0. The molecule has 120 valence electrons. The molecule has 0 bridgehead atoms. The van der Waals surface area contributed by atoms with Gasteiger partial charge in [-0.25, -0.2) is 0 Å². The Hall–Kier alpha value is -1.94. The summed E-state index contributed by atoms with van der Waals surface area (Å²) < 4.78 is 0. The molecular weight excluding hydrogens is 276 g/mol. The van der Waals surface area contributed by atoms with E-state index in [1.54, 1.807) is 6.07 Å². The molecule has 0 aliphatic heterocycles. The van der Waals surface area contributed by atoms with Crippen molar-refractivity contribution in [3.05, 3.63) is 35.5 Å². The van der Waals surface area contributed by atoms with Gasteiger partial charge in [-0.3, -0.25) is 9.59 Å². The second-order valence-electron chi connectivity index (χ2n) is 5.37. The number of aromatic amines is 1. The normalized spacial score (nSPS) is 10.5. The number of carbonyl (C=O) groups is 2. The van der Waals surface area contributed by atoms with E-state index in [0.717, 1.165) is 23.9 Å². The summed E-state index contributed by atoms with van der Waals surface area (Å²) in [5.41, 5.74) is 2.18. The Morgan fingerprint density at radius 3 is 2.41 bits per heavy atom. The van der Waals surface area contributed by atoms with E-state index in [1.165, 1.54) is 6.92 Å². The molecule has 4 nitrogen and oxygen atoms in total. The lowest BCUT2D eigenvalue weighted by atomic mass is 10.0. The Balaban J connectivity index is 0.00000116. The van der Waals surface area contributed by atoms with E-state index < -0.39 is 0 Å². The van der Waals surface area contributed by atoms with Gasteiger partial charge in [0.05, 0.1) is 5.69 Å². The van der Waals surface area contributed by atoms with Gasteiger partial charge in [-0.05, 0) is 51.3 Å². The monoisotopic (exact) mass is 302 g/mol. The van der Waals surface area contributed by atoms with Crippen LogP contribution in [0.25, 0.3) is 10.9 Å². The lowest BCUT2D eigenvalue weighted by Gasteiger charge is -2.08. The van der Waals surface area contributed by atoms with Crippen LogP contribution >= 0.6 is 0 Å². The number of nitrogens with zero attached hydrogens (tertiary/aromatic N) is 1. The number of hydrogen-bond acceptors (Lipinski definition) is 3. The van der Waals surface area contributed by atoms with Crippen molar-refractivity contribution in [1.82, 2.24) is 9.88 Å². The van der Waals surface area contributed by atoms with Crippen molar-refractivity contribution in [3.63, 3.8) is 0 Å². The minimum Gasteiger partial charge on any atom is -0.352 e. The summed E-state index contributed by atoms with van der Waals surface area (Å²) in [4.78, 5) is 28.6. The van der Waals surface area contributed by atoms with Crippen molar-refractivity contribution in [2.75, 3.05) is 20.6 Å². The Bertz CT molecular complexity index is 642. The van der Waals surface area contributed by atoms with E-state index in [0.29, 0.717) is 17.7 Å². The number of aromatic nitrogens is 1. The van der Waals surface area contributed by atoms with Crippen molar-refractivity contribution in [2.45, 2.75) is 33.6 Å². The number of rotatable bonds is 6. The molecule has 2 aromatic rings. The molecule has 0 radical (unpaired) electrons. The number of H-pyrrole nitrogens is 1. The first kappa shape index (κ1) is 18.1. The molecule has 0 atom stereocenters. The fourth-order valence-corrected chi connectivity index (χ4v) is 2.20. The van der Waals surface area contributed by atoms with Crippen LogP contribution in [0, 0.1) is 0 Å². The van der Waals surface area contributed by atoms with Crippen LogP contribution in [-0.2, 0) is 0 Å². The summed E-state index contributed by atoms with van der Waals surface area (Å²) in [5, 5.41) is 0.911. The van der Waals surface area contributed by atoms with E-state index in [1.807, 2.05) is 46.1 Å². The van der Waals surface area contributed by atoms with Gasteiger partial charge in [0.1, 0.15) is 0 Å². The molecule has 0 aliphatic rings. The smallest absolute Gasteiger partial charge is 0.175 e. The highest BCUT2D eigenvalue weighted by atomic mass is 16.1. The van der Waals surface area contributed by atoms with Crippen LogP contribution in [0.4, 0.5) is 0 Å². The van der Waals surface area contributed by atoms with E-state index in [9.17, 15) is 9.59 Å². The van der Waals surface area contributed by atoms with Crippen LogP contribution in [0.15, 0.2) is 24.3 Å². The zero-order valence-electron chi connectivity index (χ0n) is 14.2. The maximum atomic E-state index is 12.1. The third-order valence-electron chi connectivity index (χ3n) is 3.33. The molecule has 0 fully saturated rings. The van der Waals surface area contributed by atoms with Crippen molar-refractivity contribution >= 4 is 22.5 Å². The van der Waals surface area contributed by atoms with Gasteiger partial charge >= 0.3 is 0 Å². The van der Waals surface area contributed by atoms with Gasteiger partial charge in [0.2, 0.25) is 0 Å². The minimum atomic E-state index is 0.0000551. The van der Waals surface area contributed by atoms with Crippen molar-refractivity contribution < 1.29 is 9.59 Å². The topological polar surface area (TPSA) is 53.2 Å². The average Bonchev–Trinajstić information content (AvgIpc) is 2.92. The second kappa shape index (κ2) is 8.49. The highest BCUT2D eigenvalue weighted by Gasteiger charge is 2.09. The van der Waals surface area contributed by atoms with Crippen LogP contribution in [0.1, 0.15) is 54.5 Å². The van der Waals surface area contributed by atoms with Crippen LogP contribution in [0.5, 0.6) is 0 Å². The number of carbonyl (C=O) groups excluding carboxylic acids is 2. The number of benzene rings is 1. The van der Waals surface area contributed by atoms with Crippen LogP contribution in [0.2, 0.25) is 0 Å². The standard InChI is InChI=1S/C16H20N2O2.C2H6/c1-11(19)15-10-13-9-12(6-7-14(13)17-15)16(20)5-4-8-18(2)3;1-2/h6-7,9-10,17H,4-5,8H2,1-3H3;1-2H3. The predicted octanol–water partition coefficient (Wildman–Crippen LogP) is 3.92. The van der Waals surface area contributed by atoms with Gasteiger partial charge in [-0.15, -0.1) is 0 Å². The van der Waals surface area contributed by atoms with Gasteiger partial charge in [0, 0.05) is 29.8 Å². The maximum Gasteiger partial charge on any atom is 0.175 e. The molecule has 22 heavy (non-hydrogen) atoms. The van der Waals surface area contributed by atoms with Gasteiger partial charge in [-0.1, -0.05) is 13.8 Å². The van der Waals surface area contributed by atoms with Crippen molar-refractivity contribution in [3.8, 4) is 0 Å². The van der Waals surface area contributed by atoms with Gasteiger partial charge in [0.15, 0.2) is 11.6 Å². The predicted molar refractivity (Wildman–Crippen MR) is 91.8 cm³/mol. The van der Waals surface area contributed by atoms with E-state index >= 15 is 0 Å². The summed E-state index contributed by atoms with van der Waals surface area (Å²) in [6.07, 6.45) is 1.41. The lowest BCUT2D eigenvalue weighted by molar-refractivity contribution is 0.0975. The molecule has 1 heterocycles. The second-order valence-corrected chi connectivity index (χ2v) is 5.37. The largest absolute Gasteiger partial charge is 0.352 e. The van der Waals surface area contributed by atoms with E-state index in [4.69, 9.17) is 0 Å². The summed E-state index contributed by atoms with van der Waals surface area (Å²) in [6.45, 7) is 6.44. The van der Waals surface area contributed by atoms with Crippen LogP contribution in [0.3, 0.4) is 0 Å². The number of fused-ring (bicyclic) bond motifs is 1. The van der Waals surface area contributed by atoms with Crippen LogP contribution < -0.4 is 0 Å². The molecule has 1 aromatic heterocycles. The zero-order chi connectivity index (χ0) is 16.7. The highest BCUT2D eigenvalue weighted by molar-refractivity contribution is 6.02. The van der Waals surface area contributed by atoms with Crippen LogP contribution in [-0.4, -0.2) is 42.1 Å². The molecular formula is C18H26N2O2. The summed E-state index contributed by atoms with van der Waals surface area (Å²) in [5.74, 6) is 0.152. The number of Topliss-reactive ketones (excluding diaryl/α,β-unsaturated/α-hetero) is 2. The van der Waals surface area contributed by atoms with E-state index in [-0.39, 0.29) is 11.6 Å². The first-order chi connectivity index (χ1) is 10.5.